The van der Waals surface area contributed by atoms with Crippen molar-refractivity contribution in [2.24, 2.45) is 0 Å². The Labute approximate surface area is 153 Å². The van der Waals surface area contributed by atoms with Crippen LogP contribution in [0.15, 0.2) is 53.0 Å². The molecule has 3 heterocycles. The van der Waals surface area contributed by atoms with Crippen molar-refractivity contribution in [1.29, 1.82) is 0 Å². The topological polar surface area (TPSA) is 47.8 Å². The molecule has 0 aliphatic rings. The van der Waals surface area contributed by atoms with Crippen LogP contribution in [0, 0.1) is 0 Å². The number of thiazole rings is 1. The molecule has 6 heteroatoms. The van der Waals surface area contributed by atoms with Crippen LogP contribution in [0.25, 0.3) is 20.8 Å². The largest absolute Gasteiger partial charge is 0.293 e. The first-order valence-electron chi connectivity index (χ1n) is 8.09. The summed E-state index contributed by atoms with van der Waals surface area (Å²) in [5.41, 5.74) is 3.21. The van der Waals surface area contributed by atoms with E-state index in [1.165, 1.54) is 16.9 Å². The van der Waals surface area contributed by atoms with Crippen LogP contribution in [0.5, 0.6) is 0 Å². The highest BCUT2D eigenvalue weighted by atomic mass is 32.1. The van der Waals surface area contributed by atoms with E-state index in [0.717, 1.165) is 21.0 Å². The summed E-state index contributed by atoms with van der Waals surface area (Å²) in [4.78, 5) is 22.4. The molecule has 0 spiro atoms. The van der Waals surface area contributed by atoms with Gasteiger partial charge >= 0.3 is 0 Å². The van der Waals surface area contributed by atoms with Crippen molar-refractivity contribution in [1.82, 2.24) is 14.5 Å². The number of rotatable bonds is 4. The van der Waals surface area contributed by atoms with Crippen LogP contribution in [0.1, 0.15) is 30.2 Å². The zero-order valence-electron chi connectivity index (χ0n) is 14.0. The van der Waals surface area contributed by atoms with E-state index in [4.69, 9.17) is 0 Å². The first-order chi connectivity index (χ1) is 12.1. The maximum Gasteiger partial charge on any atom is 0.271 e. The Kier molecular flexibility index (Phi) is 4.23. The molecule has 0 aliphatic heterocycles. The Morgan fingerprint density at radius 1 is 1.12 bits per heavy atom. The second-order valence-electron chi connectivity index (χ2n) is 6.22. The lowest BCUT2D eigenvalue weighted by molar-refractivity contribution is 0.758. The molecule has 0 saturated carbocycles. The Bertz CT molecular complexity index is 1070. The summed E-state index contributed by atoms with van der Waals surface area (Å²) in [7, 11) is 0. The van der Waals surface area contributed by atoms with E-state index >= 15 is 0 Å². The van der Waals surface area contributed by atoms with Gasteiger partial charge in [0, 0.05) is 16.6 Å². The molecule has 0 saturated heterocycles. The van der Waals surface area contributed by atoms with Crippen LogP contribution in [0.3, 0.4) is 0 Å². The fraction of sp³-hybridized carbons (Fsp3) is 0.211. The van der Waals surface area contributed by atoms with Gasteiger partial charge in [0.1, 0.15) is 9.71 Å². The molecular formula is C19H17N3OS2. The molecule has 0 N–H and O–H groups in total. The third-order valence-corrected chi connectivity index (χ3v) is 6.06. The molecule has 0 fully saturated rings. The number of thiophene rings is 1. The summed E-state index contributed by atoms with van der Waals surface area (Å²) in [6, 6.07) is 10.4. The minimum Gasteiger partial charge on any atom is -0.293 e. The van der Waals surface area contributed by atoms with E-state index in [0.29, 0.717) is 17.2 Å². The summed E-state index contributed by atoms with van der Waals surface area (Å²) in [5.74, 6) is 0.521. The van der Waals surface area contributed by atoms with Gasteiger partial charge in [-0.1, -0.05) is 38.1 Å². The van der Waals surface area contributed by atoms with Crippen molar-refractivity contribution in [3.05, 3.63) is 69.0 Å². The molecule has 4 nitrogen and oxygen atoms in total. The molecule has 3 aromatic heterocycles. The highest BCUT2D eigenvalue weighted by Gasteiger charge is 2.09. The monoisotopic (exact) mass is 367 g/mol. The third-order valence-electron chi connectivity index (χ3n) is 4.14. The zero-order valence-corrected chi connectivity index (χ0v) is 15.6. The number of nitrogens with zero attached hydrogens (tertiary/aromatic N) is 3. The van der Waals surface area contributed by atoms with Crippen molar-refractivity contribution >= 4 is 32.9 Å². The standard InChI is InChI=1S/C19H17N3OS2/c1-12(2)13-3-5-14(6-4-13)18-20-9-15(25-18)10-22-11-21-16-7-8-24-17(16)19(22)23/h3-9,11-12H,10H2,1-2H3. The van der Waals surface area contributed by atoms with Gasteiger partial charge < -0.3 is 0 Å². The SMILES string of the molecule is CC(C)c1ccc(-c2ncc(Cn3cnc4ccsc4c3=O)s2)cc1. The van der Waals surface area contributed by atoms with Gasteiger partial charge in [-0.2, -0.15) is 0 Å². The molecule has 126 valence electrons. The lowest BCUT2D eigenvalue weighted by atomic mass is 10.0. The first-order valence-corrected chi connectivity index (χ1v) is 9.79. The van der Waals surface area contributed by atoms with Gasteiger partial charge in [0.25, 0.3) is 5.56 Å². The first kappa shape index (κ1) is 16.2. The van der Waals surface area contributed by atoms with E-state index < -0.39 is 0 Å². The smallest absolute Gasteiger partial charge is 0.271 e. The van der Waals surface area contributed by atoms with E-state index in [9.17, 15) is 4.79 Å². The van der Waals surface area contributed by atoms with Gasteiger partial charge in [-0.3, -0.25) is 9.36 Å². The van der Waals surface area contributed by atoms with E-state index in [2.05, 4.69) is 48.1 Å². The molecule has 0 aliphatic carbocycles. The molecule has 1 aromatic carbocycles. The number of hydrogen-bond donors (Lipinski definition) is 0. The molecule has 25 heavy (non-hydrogen) atoms. The van der Waals surface area contributed by atoms with Gasteiger partial charge in [0.05, 0.1) is 18.4 Å². The van der Waals surface area contributed by atoms with Crippen LogP contribution in [0.2, 0.25) is 0 Å². The van der Waals surface area contributed by atoms with Gasteiger partial charge in [-0.25, -0.2) is 9.97 Å². The number of hydrogen-bond acceptors (Lipinski definition) is 5. The van der Waals surface area contributed by atoms with Crippen molar-refractivity contribution in [2.45, 2.75) is 26.3 Å². The molecule has 0 atom stereocenters. The van der Waals surface area contributed by atoms with Crippen LogP contribution in [-0.2, 0) is 6.54 Å². The van der Waals surface area contributed by atoms with Crippen LogP contribution < -0.4 is 5.56 Å². The maximum atomic E-state index is 12.5. The molecule has 0 unspecified atom stereocenters. The molecule has 0 amide bonds. The minimum absolute atomic E-state index is 0.0104. The molecule has 0 radical (unpaired) electrons. The van der Waals surface area contributed by atoms with E-state index in [1.807, 2.05) is 17.6 Å². The van der Waals surface area contributed by atoms with Gasteiger partial charge in [-0.05, 0) is 22.9 Å². The van der Waals surface area contributed by atoms with Crippen molar-refractivity contribution < 1.29 is 0 Å². The van der Waals surface area contributed by atoms with E-state index in [-0.39, 0.29) is 5.56 Å². The summed E-state index contributed by atoms with van der Waals surface area (Å²) in [6.45, 7) is 4.88. The molecule has 4 aromatic rings. The quantitative estimate of drug-likeness (QED) is 0.523. The fourth-order valence-corrected chi connectivity index (χ4v) is 4.39. The predicted octanol–water partition coefficient (Wildman–Crippen LogP) is 4.75. The maximum absolute atomic E-state index is 12.5. The summed E-state index contributed by atoms with van der Waals surface area (Å²) >= 11 is 3.05. The van der Waals surface area contributed by atoms with Crippen LogP contribution in [-0.4, -0.2) is 14.5 Å². The normalized spacial score (nSPS) is 11.5. The van der Waals surface area contributed by atoms with Gasteiger partial charge in [0.2, 0.25) is 0 Å². The molecular weight excluding hydrogens is 350 g/mol. The van der Waals surface area contributed by atoms with Crippen molar-refractivity contribution in [3.8, 4) is 10.6 Å². The van der Waals surface area contributed by atoms with Crippen molar-refractivity contribution in [3.63, 3.8) is 0 Å². The highest BCUT2D eigenvalue weighted by Crippen LogP contribution is 2.27. The Balaban J connectivity index is 1.60. The molecule has 4 rings (SSSR count). The Morgan fingerprint density at radius 2 is 1.92 bits per heavy atom. The Morgan fingerprint density at radius 3 is 2.68 bits per heavy atom. The lowest BCUT2D eigenvalue weighted by Crippen LogP contribution is -2.19. The number of fused-ring (bicyclic) bond motifs is 1. The summed E-state index contributed by atoms with van der Waals surface area (Å²) < 4.78 is 2.36. The average Bonchev–Trinajstić information content (AvgIpc) is 3.27. The number of aromatic nitrogens is 3. The van der Waals surface area contributed by atoms with Crippen molar-refractivity contribution in [2.75, 3.05) is 0 Å². The highest BCUT2D eigenvalue weighted by molar-refractivity contribution is 7.17. The fourth-order valence-electron chi connectivity index (χ4n) is 2.68. The Hall–Kier alpha value is -2.31. The number of benzene rings is 1. The molecule has 0 bridgehead atoms. The van der Waals surface area contributed by atoms with Gasteiger partial charge in [0.15, 0.2) is 0 Å². The van der Waals surface area contributed by atoms with Crippen LogP contribution >= 0.6 is 22.7 Å². The lowest BCUT2D eigenvalue weighted by Gasteiger charge is -2.05. The minimum atomic E-state index is 0.0104. The van der Waals surface area contributed by atoms with Crippen LogP contribution in [0.4, 0.5) is 0 Å². The summed E-state index contributed by atoms with van der Waals surface area (Å²) in [5, 5.41) is 2.87. The average molecular weight is 367 g/mol. The van der Waals surface area contributed by atoms with E-state index in [1.54, 1.807) is 22.2 Å². The zero-order chi connectivity index (χ0) is 17.4. The second-order valence-corrected chi connectivity index (χ2v) is 8.25. The predicted molar refractivity (Wildman–Crippen MR) is 105 cm³/mol. The second kappa shape index (κ2) is 6.54. The third kappa shape index (κ3) is 3.15. The van der Waals surface area contributed by atoms with Gasteiger partial charge in [-0.15, -0.1) is 22.7 Å². The summed E-state index contributed by atoms with van der Waals surface area (Å²) in [6.07, 6.45) is 3.47.